The molecule has 8 heteroatoms. The molecule has 0 amide bonds. The highest BCUT2D eigenvalue weighted by Gasteiger charge is 2.24. The second-order valence-corrected chi connectivity index (χ2v) is 6.45. The van der Waals surface area contributed by atoms with Gasteiger partial charge in [-0.3, -0.25) is 4.99 Å². The summed E-state index contributed by atoms with van der Waals surface area (Å²) in [4.78, 5) is 11.4. The van der Waals surface area contributed by atoms with Crippen LogP contribution in [0.2, 0.25) is 0 Å². The number of guanidine groups is 1. The maximum Gasteiger partial charge on any atom is 0.228 e. The highest BCUT2D eigenvalue weighted by molar-refractivity contribution is 14.0. The Balaban J connectivity index is 0.00000312. The quantitative estimate of drug-likeness (QED) is 0.362. The van der Waals surface area contributed by atoms with Gasteiger partial charge < -0.3 is 19.5 Å². The van der Waals surface area contributed by atoms with Gasteiger partial charge in [-0.1, -0.05) is 19.0 Å². The number of hydrogen-bond donors (Lipinski definition) is 1. The molecule has 0 radical (unpaired) electrons. The maximum atomic E-state index is 5.55. The predicted molar refractivity (Wildman–Crippen MR) is 110 cm³/mol. The highest BCUT2D eigenvalue weighted by atomic mass is 127. The Morgan fingerprint density at radius 3 is 2.88 bits per heavy atom. The van der Waals surface area contributed by atoms with Gasteiger partial charge in [0, 0.05) is 44.5 Å². The zero-order valence-corrected chi connectivity index (χ0v) is 18.2. The van der Waals surface area contributed by atoms with Crippen molar-refractivity contribution in [2.24, 2.45) is 10.9 Å². The minimum Gasteiger partial charge on any atom is -0.381 e. The molecule has 1 fully saturated rings. The molecule has 144 valence electrons. The van der Waals surface area contributed by atoms with Crippen LogP contribution in [0.4, 0.5) is 0 Å². The Bertz CT molecular complexity index is 521. The Morgan fingerprint density at radius 2 is 2.24 bits per heavy atom. The smallest absolute Gasteiger partial charge is 0.228 e. The molecule has 1 aromatic rings. The first-order valence-electron chi connectivity index (χ1n) is 9.07. The molecular weight excluding hydrogens is 433 g/mol. The zero-order chi connectivity index (χ0) is 17.4. The number of nitrogens with zero attached hydrogens (tertiary/aromatic N) is 4. The minimum absolute atomic E-state index is 0. The van der Waals surface area contributed by atoms with E-state index in [0.29, 0.717) is 24.8 Å². The van der Waals surface area contributed by atoms with Crippen molar-refractivity contribution in [3.05, 3.63) is 11.7 Å². The summed E-state index contributed by atoms with van der Waals surface area (Å²) in [7, 11) is 0. The molecular formula is C17H32IN5O2. The fourth-order valence-electron chi connectivity index (χ4n) is 2.73. The van der Waals surface area contributed by atoms with Crippen molar-refractivity contribution < 1.29 is 9.26 Å². The van der Waals surface area contributed by atoms with Crippen LogP contribution >= 0.6 is 24.0 Å². The second kappa shape index (κ2) is 11.7. The first-order chi connectivity index (χ1) is 11.6. The Kier molecular flexibility index (Phi) is 10.3. The Hall–Kier alpha value is -0.900. The van der Waals surface area contributed by atoms with Gasteiger partial charge in [-0.15, -0.1) is 24.0 Å². The van der Waals surface area contributed by atoms with E-state index < -0.39 is 0 Å². The molecule has 0 saturated carbocycles. The van der Waals surface area contributed by atoms with Crippen molar-refractivity contribution in [1.82, 2.24) is 20.4 Å². The number of rotatable bonds is 8. The van der Waals surface area contributed by atoms with Gasteiger partial charge in [0.2, 0.25) is 5.89 Å². The number of ether oxygens (including phenoxy) is 1. The molecule has 0 aliphatic carbocycles. The van der Waals surface area contributed by atoms with Gasteiger partial charge in [0.05, 0.1) is 13.2 Å². The molecule has 1 unspecified atom stereocenters. The fraction of sp³-hybridized carbons (Fsp3) is 0.824. The summed E-state index contributed by atoms with van der Waals surface area (Å²) < 4.78 is 10.8. The molecule has 2 heterocycles. The lowest BCUT2D eigenvalue weighted by atomic mass is 10.1. The summed E-state index contributed by atoms with van der Waals surface area (Å²) in [6.07, 6.45) is 1.83. The van der Waals surface area contributed by atoms with Gasteiger partial charge in [0.25, 0.3) is 0 Å². The van der Waals surface area contributed by atoms with Crippen molar-refractivity contribution in [3.8, 4) is 0 Å². The van der Waals surface area contributed by atoms with E-state index >= 15 is 0 Å². The third-order valence-corrected chi connectivity index (χ3v) is 4.07. The van der Waals surface area contributed by atoms with Crippen molar-refractivity contribution in [2.75, 3.05) is 39.4 Å². The van der Waals surface area contributed by atoms with Gasteiger partial charge in [-0.05, 0) is 20.3 Å². The number of likely N-dealkylation sites (tertiary alicyclic amines) is 1. The summed E-state index contributed by atoms with van der Waals surface area (Å²) >= 11 is 0. The number of aliphatic imine (C=N–C) groups is 1. The predicted octanol–water partition coefficient (Wildman–Crippen LogP) is 2.68. The topological polar surface area (TPSA) is 75.8 Å². The molecule has 25 heavy (non-hydrogen) atoms. The molecule has 2 rings (SSSR count). The average molecular weight is 465 g/mol. The zero-order valence-electron chi connectivity index (χ0n) is 15.8. The maximum absolute atomic E-state index is 5.55. The molecule has 1 aliphatic rings. The van der Waals surface area contributed by atoms with E-state index in [2.05, 4.69) is 41.1 Å². The largest absolute Gasteiger partial charge is 0.381 e. The van der Waals surface area contributed by atoms with E-state index in [0.717, 1.165) is 51.1 Å². The highest BCUT2D eigenvalue weighted by Crippen LogP contribution is 2.16. The number of hydrogen-bond acceptors (Lipinski definition) is 5. The lowest BCUT2D eigenvalue weighted by Crippen LogP contribution is -2.40. The van der Waals surface area contributed by atoms with Crippen LogP contribution in [0.1, 0.15) is 51.7 Å². The molecule has 1 saturated heterocycles. The summed E-state index contributed by atoms with van der Waals surface area (Å²) in [6.45, 7) is 13.4. The van der Waals surface area contributed by atoms with E-state index in [4.69, 9.17) is 14.3 Å². The summed E-state index contributed by atoms with van der Waals surface area (Å²) in [5.41, 5.74) is 0. The van der Waals surface area contributed by atoms with Crippen LogP contribution in [0.15, 0.2) is 9.52 Å². The van der Waals surface area contributed by atoms with Gasteiger partial charge in [0.15, 0.2) is 11.8 Å². The summed E-state index contributed by atoms with van der Waals surface area (Å²) in [6, 6.07) is 0. The molecule has 1 N–H and O–H groups in total. The van der Waals surface area contributed by atoms with E-state index in [1.54, 1.807) is 0 Å². The second-order valence-electron chi connectivity index (χ2n) is 6.45. The van der Waals surface area contributed by atoms with Crippen molar-refractivity contribution in [2.45, 2.75) is 46.5 Å². The van der Waals surface area contributed by atoms with E-state index in [1.807, 2.05) is 6.92 Å². The molecule has 0 aromatic carbocycles. The fourth-order valence-corrected chi connectivity index (χ4v) is 2.73. The molecule has 1 aromatic heterocycles. The normalized spacial score (nSPS) is 17.9. The first-order valence-corrected chi connectivity index (χ1v) is 9.07. The molecule has 0 spiro atoms. The SMILES string of the molecule is CCNC(=NCCc1nc(C(C)C)no1)N1CCC(COCC)C1.I. The van der Waals surface area contributed by atoms with E-state index in [1.165, 1.54) is 0 Å². The van der Waals surface area contributed by atoms with E-state index in [-0.39, 0.29) is 29.9 Å². The van der Waals surface area contributed by atoms with Gasteiger partial charge in [-0.2, -0.15) is 4.98 Å². The summed E-state index contributed by atoms with van der Waals surface area (Å²) in [5.74, 6) is 3.28. The lowest BCUT2D eigenvalue weighted by molar-refractivity contribution is 0.114. The van der Waals surface area contributed by atoms with E-state index in [9.17, 15) is 0 Å². The molecule has 0 bridgehead atoms. The number of aromatic nitrogens is 2. The van der Waals surface area contributed by atoms with Gasteiger partial charge in [-0.25, -0.2) is 0 Å². The van der Waals surface area contributed by atoms with Crippen LogP contribution in [0, 0.1) is 5.92 Å². The molecule has 7 nitrogen and oxygen atoms in total. The standard InChI is InChI=1S/C17H31N5O2.HI/c1-5-18-17(22-10-8-14(11-22)12-23-6-2)19-9-7-15-20-16(13(3)4)21-24-15;/h13-14H,5-12H2,1-4H3,(H,18,19);1H. The van der Waals surface area contributed by atoms with Crippen LogP contribution in [-0.2, 0) is 11.2 Å². The van der Waals surface area contributed by atoms with Crippen molar-refractivity contribution in [1.29, 1.82) is 0 Å². The monoisotopic (exact) mass is 465 g/mol. The number of nitrogens with one attached hydrogen (secondary N) is 1. The van der Waals surface area contributed by atoms with Crippen LogP contribution in [-0.4, -0.2) is 60.4 Å². The third-order valence-electron chi connectivity index (χ3n) is 4.07. The Morgan fingerprint density at radius 1 is 1.44 bits per heavy atom. The van der Waals surface area contributed by atoms with Crippen LogP contribution in [0.3, 0.4) is 0 Å². The van der Waals surface area contributed by atoms with Crippen LogP contribution in [0.25, 0.3) is 0 Å². The minimum atomic E-state index is 0. The first kappa shape index (κ1) is 22.1. The van der Waals surface area contributed by atoms with Crippen molar-refractivity contribution >= 4 is 29.9 Å². The average Bonchev–Trinajstić information content (AvgIpc) is 3.21. The van der Waals surface area contributed by atoms with Crippen LogP contribution in [0.5, 0.6) is 0 Å². The Labute approximate surface area is 168 Å². The van der Waals surface area contributed by atoms with Crippen LogP contribution < -0.4 is 5.32 Å². The van der Waals surface area contributed by atoms with Gasteiger partial charge >= 0.3 is 0 Å². The van der Waals surface area contributed by atoms with Crippen molar-refractivity contribution in [3.63, 3.8) is 0 Å². The number of halogens is 1. The molecule has 1 atom stereocenters. The third kappa shape index (κ3) is 7.08. The molecule has 1 aliphatic heterocycles. The summed E-state index contributed by atoms with van der Waals surface area (Å²) in [5, 5.41) is 7.37. The lowest BCUT2D eigenvalue weighted by Gasteiger charge is -2.21. The van der Waals surface area contributed by atoms with Gasteiger partial charge in [0.1, 0.15) is 0 Å².